The van der Waals surface area contributed by atoms with Gasteiger partial charge in [0.1, 0.15) is 0 Å². The summed E-state index contributed by atoms with van der Waals surface area (Å²) in [5.41, 5.74) is 3.47. The normalized spacial score (nSPS) is 10.6. The number of carbonyl (C=O) groups excluding carboxylic acids is 1. The van der Waals surface area contributed by atoms with Crippen molar-refractivity contribution in [3.05, 3.63) is 59.2 Å². The smallest absolute Gasteiger partial charge is 0.414 e. The fraction of sp³-hybridized carbons (Fsp3) is 0.150. The summed E-state index contributed by atoms with van der Waals surface area (Å²) in [6, 6.07) is 15.4. The molecule has 0 aliphatic heterocycles. The van der Waals surface area contributed by atoms with Crippen LogP contribution in [0.2, 0.25) is 5.02 Å². The molecule has 1 amide bonds. The van der Waals surface area contributed by atoms with Gasteiger partial charge in [0.05, 0.1) is 11.3 Å². The molecule has 0 radical (unpaired) electrons. The minimum Gasteiger partial charge on any atom is -0.494 e. The number of benzene rings is 2. The number of nitrogens with one attached hydrogen (secondary N) is 1. The van der Waals surface area contributed by atoms with E-state index in [1.165, 1.54) is 4.90 Å². The van der Waals surface area contributed by atoms with Gasteiger partial charge in [-0.2, -0.15) is 0 Å². The molecule has 0 saturated heterocycles. The van der Waals surface area contributed by atoms with Gasteiger partial charge in [-0.05, 0) is 24.1 Å². The zero-order valence-electron chi connectivity index (χ0n) is 14.7. The van der Waals surface area contributed by atoms with Crippen LogP contribution in [-0.4, -0.2) is 35.2 Å². The Labute approximate surface area is 156 Å². The lowest BCUT2D eigenvalue weighted by atomic mass is 10.0. The van der Waals surface area contributed by atoms with Gasteiger partial charge in [0, 0.05) is 24.7 Å². The molecule has 0 atom stereocenters. The summed E-state index contributed by atoms with van der Waals surface area (Å²) in [6.07, 6.45) is -0.537. The second-order valence-corrected chi connectivity index (χ2v) is 6.53. The Morgan fingerprint density at radius 3 is 2.42 bits per heavy atom. The zero-order valence-corrected chi connectivity index (χ0v) is 15.5. The number of aromatic amines is 1. The Morgan fingerprint density at radius 2 is 1.81 bits per heavy atom. The largest absolute Gasteiger partial charge is 0.494 e. The molecule has 2 N–H and O–H groups in total. The highest BCUT2D eigenvalue weighted by Gasteiger charge is 2.23. The summed E-state index contributed by atoms with van der Waals surface area (Å²) >= 11 is 6.49. The van der Waals surface area contributed by atoms with Crippen LogP contribution in [0.4, 0.5) is 4.79 Å². The van der Waals surface area contributed by atoms with Crippen LogP contribution in [0.25, 0.3) is 22.3 Å². The summed E-state index contributed by atoms with van der Waals surface area (Å²) in [4.78, 5) is 16.1. The second-order valence-electron chi connectivity index (χ2n) is 6.13. The van der Waals surface area contributed by atoms with Crippen molar-refractivity contribution >= 4 is 17.7 Å². The average molecular weight is 371 g/mol. The Balaban J connectivity index is 2.06. The summed E-state index contributed by atoms with van der Waals surface area (Å²) < 4.78 is 5.42. The van der Waals surface area contributed by atoms with E-state index < -0.39 is 6.09 Å². The molecule has 0 aliphatic carbocycles. The molecule has 5 nitrogen and oxygen atoms in total. The van der Waals surface area contributed by atoms with E-state index in [4.69, 9.17) is 16.3 Å². The molecule has 0 fully saturated rings. The molecular formula is C20H19ClN2O3. The predicted octanol–water partition coefficient (Wildman–Crippen LogP) is 5.08. The van der Waals surface area contributed by atoms with E-state index in [-0.39, 0.29) is 11.6 Å². The van der Waals surface area contributed by atoms with Crippen molar-refractivity contribution in [3.8, 4) is 33.9 Å². The van der Waals surface area contributed by atoms with E-state index >= 15 is 0 Å². The van der Waals surface area contributed by atoms with Crippen LogP contribution in [0.3, 0.4) is 0 Å². The average Bonchev–Trinajstić information content (AvgIpc) is 2.89. The summed E-state index contributed by atoms with van der Waals surface area (Å²) in [5, 5.41) is 10.8. The maximum atomic E-state index is 12.0. The Bertz CT molecular complexity index is 949. The number of aryl methyl sites for hydroxylation is 1. The van der Waals surface area contributed by atoms with Crippen molar-refractivity contribution in [3.63, 3.8) is 0 Å². The molecule has 0 saturated carbocycles. The molecule has 3 aromatic rings. The Kier molecular flexibility index (Phi) is 4.91. The van der Waals surface area contributed by atoms with E-state index in [2.05, 4.69) is 4.98 Å². The lowest BCUT2D eigenvalue weighted by Gasteiger charge is -2.13. The fourth-order valence-electron chi connectivity index (χ4n) is 2.68. The quantitative estimate of drug-likeness (QED) is 0.675. The standard InChI is InChI=1S/C20H19ClN2O3/c1-12-18(26-20(25)23(2)3)17(19(24)22-12)15-10-9-14(11-16(15)21)13-7-5-4-6-8-13/h4-11,22,24H,1-3H3. The van der Waals surface area contributed by atoms with Crippen molar-refractivity contribution in [1.82, 2.24) is 9.88 Å². The number of aromatic nitrogens is 1. The highest BCUT2D eigenvalue weighted by molar-refractivity contribution is 6.33. The number of halogens is 1. The summed E-state index contributed by atoms with van der Waals surface area (Å²) in [5.74, 6) is 0.161. The molecule has 26 heavy (non-hydrogen) atoms. The van der Waals surface area contributed by atoms with E-state index in [1.54, 1.807) is 27.1 Å². The first kappa shape index (κ1) is 17.9. The molecule has 2 aromatic carbocycles. The SMILES string of the molecule is Cc1[nH]c(O)c(-c2ccc(-c3ccccc3)cc2Cl)c1OC(=O)N(C)C. The van der Waals surface area contributed by atoms with Crippen LogP contribution < -0.4 is 4.74 Å². The monoisotopic (exact) mass is 370 g/mol. The van der Waals surface area contributed by atoms with E-state index in [9.17, 15) is 9.90 Å². The molecule has 3 rings (SSSR count). The molecular weight excluding hydrogens is 352 g/mol. The fourth-order valence-corrected chi connectivity index (χ4v) is 2.95. The maximum Gasteiger partial charge on any atom is 0.414 e. The molecule has 1 aromatic heterocycles. The number of nitrogens with zero attached hydrogens (tertiary/aromatic N) is 1. The molecule has 1 heterocycles. The molecule has 0 unspecified atom stereocenters. The molecule has 0 spiro atoms. The van der Waals surface area contributed by atoms with E-state index in [0.29, 0.717) is 21.8 Å². The Morgan fingerprint density at radius 1 is 1.12 bits per heavy atom. The number of ether oxygens (including phenoxy) is 1. The first-order valence-corrected chi connectivity index (χ1v) is 8.42. The topological polar surface area (TPSA) is 65.6 Å². The van der Waals surface area contributed by atoms with Gasteiger partial charge in [0.15, 0.2) is 5.75 Å². The van der Waals surface area contributed by atoms with Crippen molar-refractivity contribution in [2.75, 3.05) is 14.1 Å². The predicted molar refractivity (Wildman–Crippen MR) is 103 cm³/mol. The van der Waals surface area contributed by atoms with Crippen molar-refractivity contribution in [2.45, 2.75) is 6.92 Å². The number of amides is 1. The number of hydrogen-bond donors (Lipinski definition) is 2. The van der Waals surface area contributed by atoms with Crippen molar-refractivity contribution in [1.29, 1.82) is 0 Å². The van der Waals surface area contributed by atoms with Crippen LogP contribution in [0.5, 0.6) is 11.6 Å². The van der Waals surface area contributed by atoms with Crippen LogP contribution in [0.1, 0.15) is 5.69 Å². The molecule has 0 aliphatic rings. The lowest BCUT2D eigenvalue weighted by molar-refractivity contribution is 0.172. The summed E-state index contributed by atoms with van der Waals surface area (Å²) in [6.45, 7) is 1.72. The van der Waals surface area contributed by atoms with Gasteiger partial charge in [0.2, 0.25) is 5.88 Å². The van der Waals surface area contributed by atoms with Gasteiger partial charge >= 0.3 is 6.09 Å². The van der Waals surface area contributed by atoms with Gasteiger partial charge in [-0.25, -0.2) is 4.79 Å². The number of hydrogen-bond acceptors (Lipinski definition) is 3. The number of H-pyrrole nitrogens is 1. The maximum absolute atomic E-state index is 12.0. The van der Waals surface area contributed by atoms with Gasteiger partial charge in [-0.15, -0.1) is 0 Å². The highest BCUT2D eigenvalue weighted by Crippen LogP contribution is 2.44. The third kappa shape index (κ3) is 3.39. The van der Waals surface area contributed by atoms with E-state index in [0.717, 1.165) is 11.1 Å². The highest BCUT2D eigenvalue weighted by atomic mass is 35.5. The molecule has 6 heteroatoms. The van der Waals surface area contributed by atoms with Gasteiger partial charge < -0.3 is 19.7 Å². The Hall–Kier alpha value is -2.92. The summed E-state index contributed by atoms with van der Waals surface area (Å²) in [7, 11) is 3.18. The van der Waals surface area contributed by atoms with Gasteiger partial charge in [0.25, 0.3) is 0 Å². The van der Waals surface area contributed by atoms with Crippen LogP contribution in [0, 0.1) is 6.92 Å². The van der Waals surface area contributed by atoms with Crippen LogP contribution >= 0.6 is 11.6 Å². The minimum atomic E-state index is -0.537. The van der Waals surface area contributed by atoms with Crippen LogP contribution in [-0.2, 0) is 0 Å². The van der Waals surface area contributed by atoms with Gasteiger partial charge in [-0.1, -0.05) is 54.1 Å². The molecule has 0 bridgehead atoms. The zero-order chi connectivity index (χ0) is 18.8. The molecule has 134 valence electrons. The minimum absolute atomic E-state index is 0.0987. The van der Waals surface area contributed by atoms with Crippen LogP contribution in [0.15, 0.2) is 48.5 Å². The van der Waals surface area contributed by atoms with Gasteiger partial charge in [-0.3, -0.25) is 0 Å². The third-order valence-corrected chi connectivity index (χ3v) is 4.32. The number of aromatic hydroxyl groups is 1. The number of carbonyl (C=O) groups is 1. The lowest BCUT2D eigenvalue weighted by Crippen LogP contribution is -2.25. The van der Waals surface area contributed by atoms with Crippen molar-refractivity contribution < 1.29 is 14.6 Å². The second kappa shape index (κ2) is 7.14. The first-order chi connectivity index (χ1) is 12.4. The third-order valence-electron chi connectivity index (χ3n) is 4.01. The first-order valence-electron chi connectivity index (χ1n) is 8.04. The van der Waals surface area contributed by atoms with E-state index in [1.807, 2.05) is 42.5 Å². The van der Waals surface area contributed by atoms with Crippen molar-refractivity contribution in [2.24, 2.45) is 0 Å². The number of rotatable bonds is 3.